The molecule has 1 aliphatic heterocycles. The van der Waals surface area contributed by atoms with Gasteiger partial charge in [-0.3, -0.25) is 4.79 Å². The van der Waals surface area contributed by atoms with Crippen LogP contribution in [0.4, 0.5) is 0 Å². The lowest BCUT2D eigenvalue weighted by molar-refractivity contribution is -0.123. The maximum Gasteiger partial charge on any atom is 0.257 e. The van der Waals surface area contributed by atoms with Gasteiger partial charge >= 0.3 is 0 Å². The summed E-state index contributed by atoms with van der Waals surface area (Å²) in [5.41, 5.74) is 0. The van der Waals surface area contributed by atoms with E-state index >= 15 is 0 Å². The van der Waals surface area contributed by atoms with E-state index in [9.17, 15) is 13.2 Å². The van der Waals surface area contributed by atoms with E-state index < -0.39 is 10.0 Å². The first-order chi connectivity index (χ1) is 11.4. The van der Waals surface area contributed by atoms with E-state index in [-0.39, 0.29) is 17.4 Å². The van der Waals surface area contributed by atoms with Crippen molar-refractivity contribution in [1.29, 1.82) is 0 Å². The summed E-state index contributed by atoms with van der Waals surface area (Å²) in [6, 6.07) is 6.25. The van der Waals surface area contributed by atoms with Crippen LogP contribution in [0.2, 0.25) is 0 Å². The van der Waals surface area contributed by atoms with E-state index in [4.69, 9.17) is 4.74 Å². The number of hydrogen-bond acceptors (Lipinski definition) is 4. The van der Waals surface area contributed by atoms with Gasteiger partial charge in [-0.2, -0.15) is 4.31 Å². The Hall–Kier alpha value is -1.60. The SMILES string of the molecule is CC(C)CNC(=O)COc1ccc(S(=O)(=O)N2CCCCC2)cc1. The fraction of sp³-hybridized carbons (Fsp3) is 0.588. The van der Waals surface area contributed by atoms with Gasteiger partial charge in [0, 0.05) is 19.6 Å². The fourth-order valence-electron chi connectivity index (χ4n) is 2.48. The van der Waals surface area contributed by atoms with E-state index in [2.05, 4.69) is 5.32 Å². The Labute approximate surface area is 144 Å². The van der Waals surface area contributed by atoms with Crippen molar-refractivity contribution in [2.75, 3.05) is 26.2 Å². The first-order valence-electron chi connectivity index (χ1n) is 8.39. The number of ether oxygens (including phenoxy) is 1. The molecule has 1 amide bonds. The molecule has 0 radical (unpaired) electrons. The molecule has 1 fully saturated rings. The van der Waals surface area contributed by atoms with Crippen molar-refractivity contribution >= 4 is 15.9 Å². The summed E-state index contributed by atoms with van der Waals surface area (Å²) in [4.78, 5) is 11.9. The monoisotopic (exact) mass is 354 g/mol. The van der Waals surface area contributed by atoms with Crippen LogP contribution in [0.1, 0.15) is 33.1 Å². The quantitative estimate of drug-likeness (QED) is 0.813. The smallest absolute Gasteiger partial charge is 0.257 e. The van der Waals surface area contributed by atoms with Gasteiger partial charge in [0.15, 0.2) is 6.61 Å². The van der Waals surface area contributed by atoms with Crippen LogP contribution in [0.3, 0.4) is 0 Å². The van der Waals surface area contributed by atoms with Gasteiger partial charge in [0.25, 0.3) is 5.91 Å². The van der Waals surface area contributed by atoms with Crippen LogP contribution in [-0.4, -0.2) is 44.9 Å². The maximum atomic E-state index is 12.5. The molecule has 1 saturated heterocycles. The molecule has 134 valence electrons. The molecule has 0 saturated carbocycles. The van der Waals surface area contributed by atoms with E-state index in [1.807, 2.05) is 13.8 Å². The molecule has 1 N–H and O–H groups in total. The molecule has 1 heterocycles. The predicted molar refractivity (Wildman–Crippen MR) is 92.4 cm³/mol. The third-order valence-corrected chi connectivity index (χ3v) is 5.77. The molecule has 2 rings (SSSR count). The van der Waals surface area contributed by atoms with Crippen LogP contribution in [-0.2, 0) is 14.8 Å². The number of amides is 1. The number of nitrogens with one attached hydrogen (secondary N) is 1. The molecule has 0 aliphatic carbocycles. The highest BCUT2D eigenvalue weighted by molar-refractivity contribution is 7.89. The fourth-order valence-corrected chi connectivity index (χ4v) is 4.00. The summed E-state index contributed by atoms with van der Waals surface area (Å²) in [6.45, 7) is 5.72. The molecule has 1 aromatic rings. The Bertz CT molecular complexity index is 635. The average molecular weight is 354 g/mol. The van der Waals surface area contributed by atoms with Crippen molar-refractivity contribution in [3.63, 3.8) is 0 Å². The number of rotatable bonds is 7. The average Bonchev–Trinajstić information content (AvgIpc) is 2.59. The second kappa shape index (κ2) is 8.48. The standard InChI is InChI=1S/C17H26N2O4S/c1-14(2)12-18-17(20)13-23-15-6-8-16(9-7-15)24(21,22)19-10-4-3-5-11-19/h6-9,14H,3-5,10-13H2,1-2H3,(H,18,20). The van der Waals surface area contributed by atoms with E-state index in [1.54, 1.807) is 12.1 Å². The summed E-state index contributed by atoms with van der Waals surface area (Å²) in [6.07, 6.45) is 2.90. The van der Waals surface area contributed by atoms with Gasteiger partial charge in [-0.15, -0.1) is 0 Å². The van der Waals surface area contributed by atoms with Crippen LogP contribution in [0, 0.1) is 5.92 Å². The molecule has 0 bridgehead atoms. The second-order valence-electron chi connectivity index (χ2n) is 6.42. The Morgan fingerprint density at radius 3 is 2.38 bits per heavy atom. The molecule has 7 heteroatoms. The number of hydrogen-bond donors (Lipinski definition) is 1. The Balaban J connectivity index is 1.91. The highest BCUT2D eigenvalue weighted by Gasteiger charge is 2.25. The third kappa shape index (κ3) is 5.21. The maximum absolute atomic E-state index is 12.5. The molecule has 0 spiro atoms. The first kappa shape index (κ1) is 18.7. The summed E-state index contributed by atoms with van der Waals surface area (Å²) in [5.74, 6) is 0.675. The van der Waals surface area contributed by atoms with Crippen LogP contribution < -0.4 is 10.1 Å². The van der Waals surface area contributed by atoms with E-state index in [0.29, 0.717) is 31.3 Å². The van der Waals surface area contributed by atoms with Gasteiger partial charge in [0.05, 0.1) is 4.90 Å². The second-order valence-corrected chi connectivity index (χ2v) is 8.36. The van der Waals surface area contributed by atoms with Gasteiger partial charge < -0.3 is 10.1 Å². The van der Waals surface area contributed by atoms with Crippen molar-refractivity contribution in [1.82, 2.24) is 9.62 Å². The molecule has 1 aromatic carbocycles. The summed E-state index contributed by atoms with van der Waals surface area (Å²) in [5, 5.41) is 2.76. The van der Waals surface area contributed by atoms with Gasteiger partial charge in [0.1, 0.15) is 5.75 Å². The number of nitrogens with zero attached hydrogens (tertiary/aromatic N) is 1. The number of piperidine rings is 1. The highest BCUT2D eigenvalue weighted by atomic mass is 32.2. The van der Waals surface area contributed by atoms with Gasteiger partial charge in [-0.1, -0.05) is 20.3 Å². The minimum Gasteiger partial charge on any atom is -0.484 e. The minimum atomic E-state index is -3.43. The number of benzene rings is 1. The lowest BCUT2D eigenvalue weighted by atomic mass is 10.2. The minimum absolute atomic E-state index is 0.0784. The van der Waals surface area contributed by atoms with Crippen molar-refractivity contribution in [2.45, 2.75) is 38.0 Å². The molecule has 0 aromatic heterocycles. The zero-order valence-corrected chi connectivity index (χ0v) is 15.1. The lowest BCUT2D eigenvalue weighted by Crippen LogP contribution is -2.35. The van der Waals surface area contributed by atoms with Crippen molar-refractivity contribution in [2.24, 2.45) is 5.92 Å². The highest BCUT2D eigenvalue weighted by Crippen LogP contribution is 2.22. The van der Waals surface area contributed by atoms with Crippen molar-refractivity contribution in [3.8, 4) is 5.75 Å². The molecule has 6 nitrogen and oxygen atoms in total. The molecular weight excluding hydrogens is 328 g/mol. The third-order valence-electron chi connectivity index (χ3n) is 3.85. The van der Waals surface area contributed by atoms with Gasteiger partial charge in [-0.05, 0) is 43.0 Å². The van der Waals surface area contributed by atoms with Crippen LogP contribution >= 0.6 is 0 Å². The molecule has 1 aliphatic rings. The summed E-state index contributed by atoms with van der Waals surface area (Å²) in [7, 11) is -3.43. The predicted octanol–water partition coefficient (Wildman–Crippen LogP) is 2.01. The molecule has 0 unspecified atom stereocenters. The Morgan fingerprint density at radius 1 is 1.17 bits per heavy atom. The Morgan fingerprint density at radius 2 is 1.79 bits per heavy atom. The van der Waals surface area contributed by atoms with Gasteiger partial charge in [-0.25, -0.2) is 8.42 Å². The summed E-state index contributed by atoms with van der Waals surface area (Å²) >= 11 is 0. The topological polar surface area (TPSA) is 75.7 Å². The number of carbonyl (C=O) groups excluding carboxylic acids is 1. The van der Waals surface area contributed by atoms with E-state index in [1.165, 1.54) is 16.4 Å². The largest absolute Gasteiger partial charge is 0.484 e. The first-order valence-corrected chi connectivity index (χ1v) is 9.83. The zero-order chi connectivity index (χ0) is 17.6. The van der Waals surface area contributed by atoms with Crippen LogP contribution in [0.25, 0.3) is 0 Å². The normalized spacial score (nSPS) is 16.1. The summed E-state index contributed by atoms with van der Waals surface area (Å²) < 4.78 is 32.0. The van der Waals surface area contributed by atoms with Gasteiger partial charge in [0.2, 0.25) is 10.0 Å². The number of sulfonamides is 1. The van der Waals surface area contributed by atoms with Crippen molar-refractivity contribution < 1.29 is 17.9 Å². The molecular formula is C17H26N2O4S. The number of carbonyl (C=O) groups is 1. The lowest BCUT2D eigenvalue weighted by Gasteiger charge is -2.25. The van der Waals surface area contributed by atoms with E-state index in [0.717, 1.165) is 19.3 Å². The van der Waals surface area contributed by atoms with Crippen LogP contribution in [0.15, 0.2) is 29.2 Å². The molecule has 24 heavy (non-hydrogen) atoms. The zero-order valence-electron chi connectivity index (χ0n) is 14.3. The Kier molecular flexibility index (Phi) is 6.62. The van der Waals surface area contributed by atoms with Crippen molar-refractivity contribution in [3.05, 3.63) is 24.3 Å². The molecule has 0 atom stereocenters. The van der Waals surface area contributed by atoms with Crippen LogP contribution in [0.5, 0.6) is 5.75 Å².